The number of aliphatic imine (C=N–C) groups is 1. The normalized spacial score (nSPS) is 16.5. The Balaban J connectivity index is 1.66. The fourth-order valence-corrected chi connectivity index (χ4v) is 3.00. The molecule has 7 heteroatoms. The first kappa shape index (κ1) is 16.4. The predicted octanol–water partition coefficient (Wildman–Crippen LogP) is 4.30. The summed E-state index contributed by atoms with van der Waals surface area (Å²) in [4.78, 5) is 8.79. The molecule has 1 aromatic heterocycles. The highest BCUT2D eigenvalue weighted by atomic mass is 19.4. The number of rotatable bonds is 2. The number of hydrogen-bond acceptors (Lipinski definition) is 4. The summed E-state index contributed by atoms with van der Waals surface area (Å²) in [5, 5.41) is 3.70. The van der Waals surface area contributed by atoms with Gasteiger partial charge in [-0.2, -0.15) is 13.2 Å². The van der Waals surface area contributed by atoms with E-state index in [4.69, 9.17) is 0 Å². The number of allylic oxidation sites excluding steroid dienone is 1. The highest BCUT2D eigenvalue weighted by Gasteiger charge is 2.35. The van der Waals surface area contributed by atoms with Gasteiger partial charge in [-0.15, -0.1) is 0 Å². The number of anilines is 1. The topological polar surface area (TPSA) is 31.7 Å². The van der Waals surface area contributed by atoms with E-state index in [1.54, 1.807) is 29.5 Å². The first-order chi connectivity index (χ1) is 12.4. The molecule has 0 saturated carbocycles. The average molecular weight is 356 g/mol. The summed E-state index contributed by atoms with van der Waals surface area (Å²) >= 11 is 0. The summed E-state index contributed by atoms with van der Waals surface area (Å²) < 4.78 is 39.8. The van der Waals surface area contributed by atoms with Gasteiger partial charge in [0.15, 0.2) is 0 Å². The van der Waals surface area contributed by atoms with Crippen molar-refractivity contribution in [2.24, 2.45) is 4.99 Å². The molecule has 1 aromatic carbocycles. The largest absolute Gasteiger partial charge is 0.417 e. The summed E-state index contributed by atoms with van der Waals surface area (Å²) in [5.74, 6) is 1.35. The van der Waals surface area contributed by atoms with Gasteiger partial charge >= 0.3 is 6.18 Å². The molecule has 0 N–H and O–H groups in total. The molecule has 0 atom stereocenters. The summed E-state index contributed by atoms with van der Waals surface area (Å²) in [5.41, 5.74) is 0.754. The van der Waals surface area contributed by atoms with E-state index in [0.29, 0.717) is 18.1 Å². The Kier molecular flexibility index (Phi) is 3.79. The van der Waals surface area contributed by atoms with Crippen molar-refractivity contribution in [2.45, 2.75) is 13.1 Å². The number of halogens is 3. The van der Waals surface area contributed by atoms with Gasteiger partial charge in [0.05, 0.1) is 17.8 Å². The minimum absolute atomic E-state index is 0.0731. The molecule has 0 bridgehead atoms. The molecule has 0 spiro atoms. The van der Waals surface area contributed by atoms with Crippen molar-refractivity contribution in [3.8, 4) is 0 Å². The van der Waals surface area contributed by atoms with Crippen LogP contribution in [-0.2, 0) is 6.18 Å². The zero-order chi connectivity index (χ0) is 18.3. The standard InChI is InChI=1S/C19H15F3N4/c1-13-6-9-23-18(12-13)26-11-8-17-24-16(7-10-25(17)26)14-4-2-3-5-15(14)19(20,21)22/h2-10,12H,11H2,1H3. The van der Waals surface area contributed by atoms with Crippen molar-refractivity contribution in [1.82, 2.24) is 9.99 Å². The average Bonchev–Trinajstić information content (AvgIpc) is 3.04. The summed E-state index contributed by atoms with van der Waals surface area (Å²) in [7, 11) is 0. The van der Waals surface area contributed by atoms with Crippen molar-refractivity contribution in [3.05, 3.63) is 83.5 Å². The van der Waals surface area contributed by atoms with Crippen molar-refractivity contribution < 1.29 is 13.2 Å². The highest BCUT2D eigenvalue weighted by Crippen LogP contribution is 2.34. The lowest BCUT2D eigenvalue weighted by atomic mass is 10.0. The molecule has 0 saturated heterocycles. The second kappa shape index (κ2) is 6.01. The third-order valence-corrected chi connectivity index (χ3v) is 4.22. The molecule has 0 aliphatic carbocycles. The second-order valence-corrected chi connectivity index (χ2v) is 6.04. The van der Waals surface area contributed by atoms with Crippen LogP contribution in [0.1, 0.15) is 16.7 Å². The van der Waals surface area contributed by atoms with E-state index in [-0.39, 0.29) is 5.56 Å². The van der Waals surface area contributed by atoms with Crippen molar-refractivity contribution in [3.63, 3.8) is 0 Å². The molecular formula is C19H15F3N4. The molecule has 132 valence electrons. The monoisotopic (exact) mass is 356 g/mol. The number of hydrogen-bond donors (Lipinski definition) is 0. The van der Waals surface area contributed by atoms with Crippen LogP contribution in [0.4, 0.5) is 19.0 Å². The Morgan fingerprint density at radius 3 is 2.69 bits per heavy atom. The second-order valence-electron chi connectivity index (χ2n) is 6.04. The molecule has 2 aromatic rings. The van der Waals surface area contributed by atoms with E-state index in [2.05, 4.69) is 9.98 Å². The zero-order valence-corrected chi connectivity index (χ0v) is 13.9. The first-order valence-corrected chi connectivity index (χ1v) is 8.06. The molecular weight excluding hydrogens is 341 g/mol. The van der Waals surface area contributed by atoms with Gasteiger partial charge in [-0.25, -0.2) is 15.0 Å². The van der Waals surface area contributed by atoms with Crippen LogP contribution in [0.15, 0.2) is 71.8 Å². The lowest BCUT2D eigenvalue weighted by Gasteiger charge is -2.30. The number of fused-ring (bicyclic) bond motifs is 1. The fraction of sp³-hybridized carbons (Fsp3) is 0.158. The molecule has 4 nitrogen and oxygen atoms in total. The number of aryl methyl sites for hydroxylation is 1. The van der Waals surface area contributed by atoms with Crippen LogP contribution in [0.5, 0.6) is 0 Å². The smallest absolute Gasteiger partial charge is 0.259 e. The van der Waals surface area contributed by atoms with Crippen LogP contribution in [0.3, 0.4) is 0 Å². The van der Waals surface area contributed by atoms with Gasteiger partial charge in [0.25, 0.3) is 0 Å². The predicted molar refractivity (Wildman–Crippen MR) is 93.4 cm³/mol. The van der Waals surface area contributed by atoms with Gasteiger partial charge in [0.2, 0.25) is 0 Å². The van der Waals surface area contributed by atoms with Gasteiger partial charge in [0, 0.05) is 18.0 Å². The summed E-state index contributed by atoms with van der Waals surface area (Å²) in [6, 6.07) is 9.33. The Morgan fingerprint density at radius 2 is 1.92 bits per heavy atom. The maximum absolute atomic E-state index is 13.3. The maximum Gasteiger partial charge on any atom is 0.417 e. The van der Waals surface area contributed by atoms with Crippen LogP contribution >= 0.6 is 0 Å². The molecule has 0 amide bonds. The number of benzene rings is 1. The quantitative estimate of drug-likeness (QED) is 0.804. The molecule has 2 aliphatic rings. The first-order valence-electron chi connectivity index (χ1n) is 8.06. The lowest BCUT2D eigenvalue weighted by molar-refractivity contribution is -0.137. The van der Waals surface area contributed by atoms with Gasteiger partial charge in [-0.3, -0.25) is 5.01 Å². The van der Waals surface area contributed by atoms with Crippen LogP contribution in [-0.4, -0.2) is 22.2 Å². The van der Waals surface area contributed by atoms with Gasteiger partial charge < -0.3 is 0 Å². The van der Waals surface area contributed by atoms with Gasteiger partial charge in [0.1, 0.15) is 11.6 Å². The van der Waals surface area contributed by atoms with E-state index in [0.717, 1.165) is 17.4 Å². The number of alkyl halides is 3. The minimum atomic E-state index is -4.42. The third-order valence-electron chi connectivity index (χ3n) is 4.22. The van der Waals surface area contributed by atoms with Crippen LogP contribution in [0, 0.1) is 6.92 Å². The van der Waals surface area contributed by atoms with Crippen molar-refractivity contribution in [1.29, 1.82) is 0 Å². The molecule has 4 rings (SSSR count). The zero-order valence-electron chi connectivity index (χ0n) is 13.9. The van der Waals surface area contributed by atoms with E-state index in [1.807, 2.05) is 30.1 Å². The maximum atomic E-state index is 13.3. The van der Waals surface area contributed by atoms with E-state index < -0.39 is 11.7 Å². The number of nitrogens with zero attached hydrogens (tertiary/aromatic N) is 4. The lowest BCUT2D eigenvalue weighted by Crippen LogP contribution is -2.35. The number of hydrazine groups is 1. The Bertz CT molecular complexity index is 944. The van der Waals surface area contributed by atoms with Crippen molar-refractivity contribution >= 4 is 11.5 Å². The van der Waals surface area contributed by atoms with Crippen LogP contribution in [0.25, 0.3) is 0 Å². The van der Waals surface area contributed by atoms with E-state index >= 15 is 0 Å². The minimum Gasteiger partial charge on any atom is -0.259 e. The van der Waals surface area contributed by atoms with Gasteiger partial charge in [-0.05, 0) is 42.8 Å². The van der Waals surface area contributed by atoms with Crippen molar-refractivity contribution in [2.75, 3.05) is 11.6 Å². The van der Waals surface area contributed by atoms with Crippen LogP contribution < -0.4 is 5.01 Å². The molecule has 26 heavy (non-hydrogen) atoms. The van der Waals surface area contributed by atoms with Crippen LogP contribution in [0.2, 0.25) is 0 Å². The molecule has 0 radical (unpaired) electrons. The number of aromatic nitrogens is 1. The highest BCUT2D eigenvalue weighted by molar-refractivity contribution is 6.10. The SMILES string of the molecule is Cc1ccnc(N2CC=C3N=C(c4ccccc4C(F)(F)F)C=CN32)c1. The van der Waals surface area contributed by atoms with Gasteiger partial charge in [-0.1, -0.05) is 18.2 Å². The fourth-order valence-electron chi connectivity index (χ4n) is 3.00. The van der Waals surface area contributed by atoms with E-state index in [9.17, 15) is 13.2 Å². The summed E-state index contributed by atoms with van der Waals surface area (Å²) in [6.07, 6.45) is 2.48. The Hall–Kier alpha value is -3.09. The van der Waals surface area contributed by atoms with E-state index in [1.165, 1.54) is 12.1 Å². The molecule has 3 heterocycles. The molecule has 2 aliphatic heterocycles. The third kappa shape index (κ3) is 2.85. The Morgan fingerprint density at radius 1 is 1.12 bits per heavy atom. The molecule has 0 unspecified atom stereocenters. The summed E-state index contributed by atoms with van der Waals surface area (Å²) in [6.45, 7) is 2.53. The molecule has 0 fully saturated rings. The number of pyridine rings is 1. The Labute approximate surface area is 148 Å².